The standard InChI is InChI=1S/C16H15NO/c1-11(18)10-14-12-6-2-4-8-15(12)17-16-9-5-3-7-13(14)16/h2-9,11,18H,10H2,1H3. The van der Waals surface area contributed by atoms with Crippen LogP contribution in [0.1, 0.15) is 12.5 Å². The van der Waals surface area contributed by atoms with Gasteiger partial charge in [0, 0.05) is 10.8 Å². The SMILES string of the molecule is CC(O)Cc1c2ccccc2nc2ccccc12. The maximum absolute atomic E-state index is 9.70. The molecule has 0 aliphatic heterocycles. The first-order valence-electron chi connectivity index (χ1n) is 6.20. The number of fused-ring (bicyclic) bond motifs is 2. The lowest BCUT2D eigenvalue weighted by Gasteiger charge is -2.12. The highest BCUT2D eigenvalue weighted by Gasteiger charge is 2.10. The van der Waals surface area contributed by atoms with Gasteiger partial charge in [-0.05, 0) is 31.0 Å². The van der Waals surface area contributed by atoms with Crippen LogP contribution in [0.4, 0.5) is 0 Å². The molecule has 1 unspecified atom stereocenters. The van der Waals surface area contributed by atoms with Crippen LogP contribution in [0.3, 0.4) is 0 Å². The number of rotatable bonds is 2. The average Bonchev–Trinajstić information content (AvgIpc) is 2.38. The van der Waals surface area contributed by atoms with E-state index in [2.05, 4.69) is 17.1 Å². The van der Waals surface area contributed by atoms with Crippen LogP contribution < -0.4 is 0 Å². The summed E-state index contributed by atoms with van der Waals surface area (Å²) in [4.78, 5) is 4.66. The molecule has 0 amide bonds. The number of benzene rings is 2. The molecular weight excluding hydrogens is 222 g/mol. The molecule has 0 radical (unpaired) electrons. The van der Waals surface area contributed by atoms with Crippen molar-refractivity contribution < 1.29 is 5.11 Å². The van der Waals surface area contributed by atoms with Crippen LogP contribution in [-0.2, 0) is 6.42 Å². The lowest BCUT2D eigenvalue weighted by molar-refractivity contribution is 0.196. The molecule has 18 heavy (non-hydrogen) atoms. The van der Waals surface area contributed by atoms with E-state index in [1.807, 2.05) is 43.3 Å². The van der Waals surface area contributed by atoms with Gasteiger partial charge in [0.2, 0.25) is 0 Å². The number of hydrogen-bond donors (Lipinski definition) is 1. The average molecular weight is 237 g/mol. The Hall–Kier alpha value is -1.93. The minimum absolute atomic E-state index is 0.348. The summed E-state index contributed by atoms with van der Waals surface area (Å²) in [6, 6.07) is 16.2. The van der Waals surface area contributed by atoms with Gasteiger partial charge >= 0.3 is 0 Å². The number of hydrogen-bond acceptors (Lipinski definition) is 2. The maximum Gasteiger partial charge on any atom is 0.0712 e. The molecule has 1 N–H and O–H groups in total. The molecular formula is C16H15NO. The lowest BCUT2D eigenvalue weighted by Crippen LogP contribution is -2.05. The fraction of sp³-hybridized carbons (Fsp3) is 0.188. The van der Waals surface area contributed by atoms with Crippen molar-refractivity contribution >= 4 is 21.8 Å². The predicted molar refractivity (Wildman–Crippen MR) is 74.6 cm³/mol. The molecule has 2 nitrogen and oxygen atoms in total. The second kappa shape index (κ2) is 4.39. The monoisotopic (exact) mass is 237 g/mol. The zero-order valence-corrected chi connectivity index (χ0v) is 10.3. The molecule has 0 aliphatic carbocycles. The van der Waals surface area contributed by atoms with Crippen LogP contribution in [0.2, 0.25) is 0 Å². The Kier molecular flexibility index (Phi) is 2.73. The highest BCUT2D eigenvalue weighted by atomic mass is 16.3. The first-order chi connectivity index (χ1) is 8.75. The van der Waals surface area contributed by atoms with Gasteiger partial charge in [-0.1, -0.05) is 36.4 Å². The fourth-order valence-electron chi connectivity index (χ4n) is 2.44. The van der Waals surface area contributed by atoms with Gasteiger partial charge in [0.25, 0.3) is 0 Å². The quantitative estimate of drug-likeness (QED) is 0.694. The number of pyridine rings is 1. The third-order valence-electron chi connectivity index (χ3n) is 3.20. The van der Waals surface area contributed by atoms with E-state index in [1.165, 1.54) is 5.56 Å². The van der Waals surface area contributed by atoms with E-state index >= 15 is 0 Å². The van der Waals surface area contributed by atoms with Crippen molar-refractivity contribution in [3.63, 3.8) is 0 Å². The molecule has 1 aromatic heterocycles. The lowest BCUT2D eigenvalue weighted by atomic mass is 9.98. The maximum atomic E-state index is 9.70. The molecule has 0 fully saturated rings. The van der Waals surface area contributed by atoms with Crippen molar-refractivity contribution in [3.8, 4) is 0 Å². The van der Waals surface area contributed by atoms with Crippen LogP contribution >= 0.6 is 0 Å². The van der Waals surface area contributed by atoms with Crippen LogP contribution in [0, 0.1) is 0 Å². The zero-order valence-electron chi connectivity index (χ0n) is 10.3. The number of nitrogens with zero attached hydrogens (tertiary/aromatic N) is 1. The zero-order chi connectivity index (χ0) is 12.5. The molecule has 0 bridgehead atoms. The third kappa shape index (κ3) is 1.85. The normalized spacial score (nSPS) is 13.0. The number of aliphatic hydroxyl groups is 1. The van der Waals surface area contributed by atoms with Crippen LogP contribution in [0.5, 0.6) is 0 Å². The first kappa shape index (κ1) is 11.2. The summed E-state index contributed by atoms with van der Waals surface area (Å²) in [6.45, 7) is 1.82. The molecule has 1 atom stereocenters. The summed E-state index contributed by atoms with van der Waals surface area (Å²) in [5.41, 5.74) is 3.17. The molecule has 0 saturated carbocycles. The molecule has 0 saturated heterocycles. The van der Waals surface area contributed by atoms with Gasteiger partial charge in [-0.3, -0.25) is 0 Å². The fourth-order valence-corrected chi connectivity index (χ4v) is 2.44. The first-order valence-corrected chi connectivity index (χ1v) is 6.20. The summed E-state index contributed by atoms with van der Waals surface area (Å²) in [6.07, 6.45) is 0.308. The summed E-state index contributed by atoms with van der Waals surface area (Å²) in [7, 11) is 0. The number of aliphatic hydroxyl groups excluding tert-OH is 1. The topological polar surface area (TPSA) is 33.1 Å². The Morgan fingerprint density at radius 2 is 1.44 bits per heavy atom. The van der Waals surface area contributed by atoms with Crippen LogP contribution in [0.15, 0.2) is 48.5 Å². The van der Waals surface area contributed by atoms with Gasteiger partial charge < -0.3 is 5.11 Å². The molecule has 0 aliphatic rings. The molecule has 2 aromatic carbocycles. The van der Waals surface area contributed by atoms with Crippen molar-refractivity contribution in [2.45, 2.75) is 19.4 Å². The predicted octanol–water partition coefficient (Wildman–Crippen LogP) is 3.31. The Morgan fingerprint density at radius 1 is 0.944 bits per heavy atom. The summed E-state index contributed by atoms with van der Waals surface area (Å²) in [5, 5.41) is 12.0. The molecule has 2 heteroatoms. The Morgan fingerprint density at radius 3 is 1.94 bits per heavy atom. The van der Waals surface area contributed by atoms with Crippen molar-refractivity contribution in [2.75, 3.05) is 0 Å². The number of aromatic nitrogens is 1. The van der Waals surface area contributed by atoms with Gasteiger partial charge in [-0.15, -0.1) is 0 Å². The van der Waals surface area contributed by atoms with Gasteiger partial charge in [-0.2, -0.15) is 0 Å². The minimum atomic E-state index is -0.348. The second-order valence-corrected chi connectivity index (χ2v) is 4.68. The third-order valence-corrected chi connectivity index (χ3v) is 3.20. The van der Waals surface area contributed by atoms with Gasteiger partial charge in [0.05, 0.1) is 17.1 Å². The van der Waals surface area contributed by atoms with Crippen molar-refractivity contribution in [1.29, 1.82) is 0 Å². The van der Waals surface area contributed by atoms with Crippen molar-refractivity contribution in [3.05, 3.63) is 54.1 Å². The molecule has 90 valence electrons. The van der Waals surface area contributed by atoms with Crippen LogP contribution in [-0.4, -0.2) is 16.2 Å². The van der Waals surface area contributed by atoms with E-state index in [1.54, 1.807) is 0 Å². The Labute approximate surface area is 106 Å². The highest BCUT2D eigenvalue weighted by Crippen LogP contribution is 2.26. The second-order valence-electron chi connectivity index (χ2n) is 4.68. The summed E-state index contributed by atoms with van der Waals surface area (Å²) >= 11 is 0. The molecule has 1 heterocycles. The van der Waals surface area contributed by atoms with Crippen LogP contribution in [0.25, 0.3) is 21.8 Å². The molecule has 3 aromatic rings. The van der Waals surface area contributed by atoms with E-state index < -0.39 is 0 Å². The minimum Gasteiger partial charge on any atom is -0.393 e. The van der Waals surface area contributed by atoms with E-state index in [-0.39, 0.29) is 6.10 Å². The van der Waals surface area contributed by atoms with Gasteiger partial charge in [0.15, 0.2) is 0 Å². The molecule has 3 rings (SSSR count). The molecule has 0 spiro atoms. The Balaban J connectivity index is 2.41. The van der Waals surface area contributed by atoms with E-state index in [4.69, 9.17) is 0 Å². The van der Waals surface area contributed by atoms with Gasteiger partial charge in [0.1, 0.15) is 0 Å². The van der Waals surface area contributed by atoms with Gasteiger partial charge in [-0.25, -0.2) is 4.98 Å². The van der Waals surface area contributed by atoms with Crippen molar-refractivity contribution in [1.82, 2.24) is 4.98 Å². The van der Waals surface area contributed by atoms with E-state index in [0.29, 0.717) is 6.42 Å². The van der Waals surface area contributed by atoms with Crippen molar-refractivity contribution in [2.24, 2.45) is 0 Å². The largest absolute Gasteiger partial charge is 0.393 e. The summed E-state index contributed by atoms with van der Waals surface area (Å²) < 4.78 is 0. The number of para-hydroxylation sites is 2. The van der Waals surface area contributed by atoms with E-state index in [0.717, 1.165) is 21.8 Å². The Bertz CT molecular complexity index is 650. The van der Waals surface area contributed by atoms with E-state index in [9.17, 15) is 5.11 Å². The highest BCUT2D eigenvalue weighted by molar-refractivity contribution is 5.97. The smallest absolute Gasteiger partial charge is 0.0712 e. The summed E-state index contributed by atoms with van der Waals surface area (Å²) in [5.74, 6) is 0.